The van der Waals surface area contributed by atoms with Crippen LogP contribution in [0.25, 0.3) is 0 Å². The van der Waals surface area contributed by atoms with Crippen LogP contribution in [0.5, 0.6) is 0 Å². The lowest BCUT2D eigenvalue weighted by atomic mass is 9.82. The monoisotopic (exact) mass is 248 g/mol. The molecule has 0 heterocycles. The van der Waals surface area contributed by atoms with E-state index in [4.69, 9.17) is 9.84 Å². The molecule has 3 heteroatoms. The second-order valence-electron chi connectivity index (χ2n) is 5.09. The van der Waals surface area contributed by atoms with E-state index >= 15 is 0 Å². The van der Waals surface area contributed by atoms with Gasteiger partial charge in [-0.2, -0.15) is 0 Å². The highest BCUT2D eigenvalue weighted by Gasteiger charge is 2.35. The van der Waals surface area contributed by atoms with Crippen LogP contribution in [0.4, 0.5) is 0 Å². The van der Waals surface area contributed by atoms with Gasteiger partial charge in [-0.15, -0.1) is 0 Å². The molecule has 18 heavy (non-hydrogen) atoms. The van der Waals surface area contributed by atoms with E-state index in [-0.39, 0.29) is 6.42 Å². The van der Waals surface area contributed by atoms with E-state index in [1.165, 1.54) is 6.42 Å². The summed E-state index contributed by atoms with van der Waals surface area (Å²) >= 11 is 0. The predicted octanol–water partition coefficient (Wildman–Crippen LogP) is 3.38. The van der Waals surface area contributed by atoms with Crippen molar-refractivity contribution in [1.29, 1.82) is 0 Å². The summed E-state index contributed by atoms with van der Waals surface area (Å²) in [6.07, 6.45) is 5.19. The summed E-state index contributed by atoms with van der Waals surface area (Å²) in [6, 6.07) is 9.94. The van der Waals surface area contributed by atoms with Crippen molar-refractivity contribution in [2.45, 2.75) is 50.7 Å². The molecule has 0 unspecified atom stereocenters. The third kappa shape index (κ3) is 3.57. The largest absolute Gasteiger partial charge is 0.481 e. The molecular weight excluding hydrogens is 228 g/mol. The van der Waals surface area contributed by atoms with Crippen LogP contribution in [0.1, 0.15) is 44.1 Å². The number of carboxylic acid groups (broad SMARTS) is 1. The first-order chi connectivity index (χ1) is 8.70. The molecular formula is C15H20O3. The minimum Gasteiger partial charge on any atom is -0.481 e. The molecule has 0 radical (unpaired) electrons. The van der Waals surface area contributed by atoms with Gasteiger partial charge in [0, 0.05) is 0 Å². The highest BCUT2D eigenvalue weighted by Crippen LogP contribution is 2.35. The fourth-order valence-corrected chi connectivity index (χ4v) is 2.65. The van der Waals surface area contributed by atoms with Crippen molar-refractivity contribution in [2.75, 3.05) is 0 Å². The third-order valence-electron chi connectivity index (χ3n) is 3.63. The molecule has 98 valence electrons. The molecule has 1 N–H and O–H groups in total. The van der Waals surface area contributed by atoms with Gasteiger partial charge in [0.25, 0.3) is 0 Å². The smallest absolute Gasteiger partial charge is 0.306 e. The zero-order chi connectivity index (χ0) is 12.8. The van der Waals surface area contributed by atoms with Gasteiger partial charge in [-0.1, -0.05) is 49.6 Å². The lowest BCUT2D eigenvalue weighted by molar-refractivity contribution is -0.150. The predicted molar refractivity (Wildman–Crippen MR) is 69.3 cm³/mol. The average molecular weight is 248 g/mol. The van der Waals surface area contributed by atoms with Crippen molar-refractivity contribution in [3.8, 4) is 0 Å². The normalized spacial score (nSPS) is 18.4. The molecule has 0 saturated heterocycles. The molecule has 0 bridgehead atoms. The Morgan fingerprint density at radius 2 is 1.83 bits per heavy atom. The second-order valence-corrected chi connectivity index (χ2v) is 5.09. The molecule has 0 atom stereocenters. The Kier molecular flexibility index (Phi) is 4.37. The van der Waals surface area contributed by atoms with Crippen LogP contribution < -0.4 is 0 Å². The molecule has 1 aliphatic rings. The van der Waals surface area contributed by atoms with E-state index in [1.54, 1.807) is 0 Å². The van der Waals surface area contributed by atoms with Crippen LogP contribution in [0.15, 0.2) is 30.3 Å². The fraction of sp³-hybridized carbons (Fsp3) is 0.533. The Labute approximate surface area is 108 Å². The summed E-state index contributed by atoms with van der Waals surface area (Å²) in [4.78, 5) is 11.0. The van der Waals surface area contributed by atoms with Crippen LogP contribution >= 0.6 is 0 Å². The van der Waals surface area contributed by atoms with Crippen molar-refractivity contribution >= 4 is 5.97 Å². The van der Waals surface area contributed by atoms with Gasteiger partial charge >= 0.3 is 5.97 Å². The maximum Gasteiger partial charge on any atom is 0.306 e. The summed E-state index contributed by atoms with van der Waals surface area (Å²) in [5.41, 5.74) is 0.660. The first kappa shape index (κ1) is 13.1. The number of hydrogen-bond acceptors (Lipinski definition) is 2. The van der Waals surface area contributed by atoms with Gasteiger partial charge in [0.2, 0.25) is 0 Å². The Morgan fingerprint density at radius 1 is 1.17 bits per heavy atom. The Morgan fingerprint density at radius 3 is 2.44 bits per heavy atom. The van der Waals surface area contributed by atoms with E-state index in [9.17, 15) is 4.79 Å². The van der Waals surface area contributed by atoms with E-state index in [1.807, 2.05) is 30.3 Å². The number of hydrogen-bond donors (Lipinski definition) is 1. The number of ether oxygens (including phenoxy) is 1. The molecule has 0 spiro atoms. The molecule has 1 fully saturated rings. The van der Waals surface area contributed by atoms with Gasteiger partial charge in [-0.05, 0) is 18.4 Å². The van der Waals surface area contributed by atoms with Gasteiger partial charge in [-0.3, -0.25) is 4.79 Å². The van der Waals surface area contributed by atoms with Gasteiger partial charge in [0.1, 0.15) is 0 Å². The molecule has 0 aromatic heterocycles. The van der Waals surface area contributed by atoms with E-state index in [0.717, 1.165) is 31.2 Å². The van der Waals surface area contributed by atoms with Gasteiger partial charge in [0.15, 0.2) is 0 Å². The minimum atomic E-state index is -0.759. The highest BCUT2D eigenvalue weighted by atomic mass is 16.5. The molecule has 0 aliphatic heterocycles. The molecule has 1 aromatic carbocycles. The molecule has 3 nitrogen and oxygen atoms in total. The molecule has 1 saturated carbocycles. The van der Waals surface area contributed by atoms with Crippen molar-refractivity contribution in [1.82, 2.24) is 0 Å². The Hall–Kier alpha value is -1.35. The highest BCUT2D eigenvalue weighted by molar-refractivity contribution is 5.68. The summed E-state index contributed by atoms with van der Waals surface area (Å²) in [7, 11) is 0. The maximum atomic E-state index is 11.0. The van der Waals surface area contributed by atoms with E-state index in [2.05, 4.69) is 0 Å². The minimum absolute atomic E-state index is 0.125. The number of aliphatic carboxylic acids is 1. The lowest BCUT2D eigenvalue weighted by Gasteiger charge is -2.36. The maximum absolute atomic E-state index is 11.0. The van der Waals surface area contributed by atoms with Crippen LogP contribution in [0.3, 0.4) is 0 Å². The summed E-state index contributed by atoms with van der Waals surface area (Å²) in [6.45, 7) is 0.508. The lowest BCUT2D eigenvalue weighted by Crippen LogP contribution is -2.37. The first-order valence-electron chi connectivity index (χ1n) is 6.60. The topological polar surface area (TPSA) is 46.5 Å². The van der Waals surface area contributed by atoms with Crippen molar-refractivity contribution in [3.63, 3.8) is 0 Å². The zero-order valence-corrected chi connectivity index (χ0v) is 10.6. The van der Waals surface area contributed by atoms with Gasteiger partial charge in [0.05, 0.1) is 18.6 Å². The first-order valence-corrected chi connectivity index (χ1v) is 6.60. The Balaban J connectivity index is 1.99. The number of rotatable bonds is 5. The fourth-order valence-electron chi connectivity index (χ4n) is 2.65. The summed E-state index contributed by atoms with van der Waals surface area (Å²) < 4.78 is 5.99. The van der Waals surface area contributed by atoms with E-state index < -0.39 is 11.6 Å². The van der Waals surface area contributed by atoms with Crippen molar-refractivity contribution < 1.29 is 14.6 Å². The van der Waals surface area contributed by atoms with Crippen LogP contribution in [0.2, 0.25) is 0 Å². The molecule has 0 amide bonds. The molecule has 1 aliphatic carbocycles. The standard InChI is InChI=1S/C15H20O3/c16-14(17)11-15(9-5-2-6-10-15)18-12-13-7-3-1-4-8-13/h1,3-4,7-8H,2,5-6,9-12H2,(H,16,17). The van der Waals surface area contributed by atoms with Crippen LogP contribution in [0, 0.1) is 0 Å². The third-order valence-corrected chi connectivity index (χ3v) is 3.63. The Bertz CT molecular complexity index is 380. The number of benzene rings is 1. The number of carbonyl (C=O) groups is 1. The van der Waals surface area contributed by atoms with E-state index in [0.29, 0.717) is 6.61 Å². The van der Waals surface area contributed by atoms with Gasteiger partial charge < -0.3 is 9.84 Å². The quantitative estimate of drug-likeness (QED) is 0.868. The number of carboxylic acids is 1. The summed E-state index contributed by atoms with van der Waals surface area (Å²) in [5.74, 6) is -0.759. The molecule has 1 aromatic rings. The SMILES string of the molecule is O=C(O)CC1(OCc2ccccc2)CCCCC1. The average Bonchev–Trinajstić information content (AvgIpc) is 2.38. The van der Waals surface area contributed by atoms with Crippen molar-refractivity contribution in [3.05, 3.63) is 35.9 Å². The summed E-state index contributed by atoms with van der Waals surface area (Å²) in [5, 5.41) is 9.05. The van der Waals surface area contributed by atoms with Crippen LogP contribution in [-0.4, -0.2) is 16.7 Å². The van der Waals surface area contributed by atoms with Gasteiger partial charge in [-0.25, -0.2) is 0 Å². The zero-order valence-electron chi connectivity index (χ0n) is 10.6. The van der Waals surface area contributed by atoms with Crippen LogP contribution in [-0.2, 0) is 16.1 Å². The van der Waals surface area contributed by atoms with Crippen molar-refractivity contribution in [2.24, 2.45) is 0 Å². The molecule has 2 rings (SSSR count). The second kappa shape index (κ2) is 6.01.